The number of benzene rings is 2. The fourth-order valence-corrected chi connectivity index (χ4v) is 3.22. The average Bonchev–Trinajstić information content (AvgIpc) is 2.48. The highest BCUT2D eigenvalue weighted by Crippen LogP contribution is 2.31. The van der Waals surface area contributed by atoms with Crippen molar-refractivity contribution in [2.75, 3.05) is 18.5 Å². The fourth-order valence-electron chi connectivity index (χ4n) is 1.97. The molecule has 1 fully saturated rings. The van der Waals surface area contributed by atoms with Crippen LogP contribution in [0.4, 0.5) is 14.5 Å². The average molecular weight is 356 g/mol. The van der Waals surface area contributed by atoms with E-state index in [0.717, 1.165) is 0 Å². The lowest BCUT2D eigenvalue weighted by atomic mass is 10.2. The monoisotopic (exact) mass is 355 g/mol. The first-order valence-electron chi connectivity index (χ1n) is 6.83. The molecule has 1 N–H and O–H groups in total. The number of ether oxygens (including phenoxy) is 1. The minimum atomic E-state index is -0.562. The van der Waals surface area contributed by atoms with E-state index in [9.17, 15) is 13.6 Å². The Labute approximate surface area is 141 Å². The van der Waals surface area contributed by atoms with Gasteiger partial charge in [0.25, 0.3) is 5.91 Å². The van der Waals surface area contributed by atoms with E-state index in [0.29, 0.717) is 29.4 Å². The molecule has 1 saturated heterocycles. The second-order valence-electron chi connectivity index (χ2n) is 5.01. The van der Waals surface area contributed by atoms with Gasteiger partial charge in [-0.3, -0.25) is 4.79 Å². The van der Waals surface area contributed by atoms with E-state index in [1.807, 2.05) is 0 Å². The number of anilines is 1. The smallest absolute Gasteiger partial charge is 0.255 e. The van der Waals surface area contributed by atoms with Gasteiger partial charge in [0, 0.05) is 16.1 Å². The maximum Gasteiger partial charge on any atom is 0.255 e. The van der Waals surface area contributed by atoms with Crippen LogP contribution in [0, 0.1) is 11.6 Å². The maximum atomic E-state index is 13.8. The summed E-state index contributed by atoms with van der Waals surface area (Å²) in [5, 5.41) is 2.73. The summed E-state index contributed by atoms with van der Waals surface area (Å²) in [7, 11) is 0. The second-order valence-corrected chi connectivity index (χ2v) is 6.75. The van der Waals surface area contributed by atoms with Crippen molar-refractivity contribution in [3.05, 3.63) is 58.6 Å². The highest BCUT2D eigenvalue weighted by Gasteiger charge is 2.22. The van der Waals surface area contributed by atoms with Crippen LogP contribution in [0.2, 0.25) is 5.02 Å². The number of amides is 1. The van der Waals surface area contributed by atoms with E-state index in [-0.39, 0.29) is 16.1 Å². The first-order valence-corrected chi connectivity index (χ1v) is 8.09. The number of hydrogen-bond donors (Lipinski definition) is 1. The third-order valence-electron chi connectivity index (χ3n) is 3.27. The van der Waals surface area contributed by atoms with E-state index in [1.54, 1.807) is 0 Å². The molecule has 1 aliphatic rings. The molecule has 0 unspecified atom stereocenters. The lowest BCUT2D eigenvalue weighted by Gasteiger charge is -2.25. The summed E-state index contributed by atoms with van der Waals surface area (Å²) in [5.41, 5.74) is 0.682. The Morgan fingerprint density at radius 2 is 1.91 bits per heavy atom. The number of carbonyl (C=O) groups is 1. The van der Waals surface area contributed by atoms with Crippen LogP contribution in [0.3, 0.4) is 0 Å². The zero-order valence-electron chi connectivity index (χ0n) is 11.8. The molecule has 0 spiro atoms. The van der Waals surface area contributed by atoms with E-state index in [2.05, 4.69) is 5.32 Å². The molecular formula is C16H12ClF2NO2S. The largest absolute Gasteiger partial charge is 0.379 e. The molecule has 0 saturated carbocycles. The summed E-state index contributed by atoms with van der Waals surface area (Å²) in [5.74, 6) is -1.35. The summed E-state index contributed by atoms with van der Waals surface area (Å²) >= 11 is 7.03. The molecule has 3 nitrogen and oxygen atoms in total. The molecule has 0 atom stereocenters. The minimum Gasteiger partial charge on any atom is -0.379 e. The van der Waals surface area contributed by atoms with Crippen LogP contribution >= 0.6 is 23.4 Å². The van der Waals surface area contributed by atoms with E-state index in [1.165, 1.54) is 48.2 Å². The predicted molar refractivity (Wildman–Crippen MR) is 86.2 cm³/mol. The highest BCUT2D eigenvalue weighted by molar-refractivity contribution is 8.00. The van der Waals surface area contributed by atoms with Crippen LogP contribution in [0.5, 0.6) is 0 Å². The zero-order valence-corrected chi connectivity index (χ0v) is 13.4. The SMILES string of the molecule is O=C(Nc1ccc(F)c(Cl)c1)c1ccc(F)c(SC2COC2)c1. The summed E-state index contributed by atoms with van der Waals surface area (Å²) in [6.07, 6.45) is 0. The molecule has 23 heavy (non-hydrogen) atoms. The van der Waals surface area contributed by atoms with Gasteiger partial charge in [0.05, 0.1) is 23.5 Å². The van der Waals surface area contributed by atoms with Gasteiger partial charge < -0.3 is 10.1 Å². The third kappa shape index (κ3) is 3.83. The Balaban J connectivity index is 1.75. The maximum absolute atomic E-state index is 13.8. The number of halogens is 3. The second kappa shape index (κ2) is 6.86. The first-order chi connectivity index (χ1) is 11.0. The molecule has 0 bridgehead atoms. The molecule has 0 aromatic heterocycles. The van der Waals surface area contributed by atoms with Gasteiger partial charge in [-0.15, -0.1) is 11.8 Å². The Kier molecular flexibility index (Phi) is 4.84. The first kappa shape index (κ1) is 16.2. The van der Waals surface area contributed by atoms with Gasteiger partial charge in [-0.05, 0) is 36.4 Å². The highest BCUT2D eigenvalue weighted by atomic mass is 35.5. The number of nitrogens with one attached hydrogen (secondary N) is 1. The molecule has 1 aliphatic heterocycles. The quantitative estimate of drug-likeness (QED) is 0.885. The van der Waals surface area contributed by atoms with Crippen LogP contribution < -0.4 is 5.32 Å². The van der Waals surface area contributed by atoms with Crippen LogP contribution in [-0.4, -0.2) is 24.4 Å². The van der Waals surface area contributed by atoms with Crippen LogP contribution in [0.15, 0.2) is 41.3 Å². The van der Waals surface area contributed by atoms with Gasteiger partial charge >= 0.3 is 0 Å². The Morgan fingerprint density at radius 1 is 1.17 bits per heavy atom. The number of carbonyl (C=O) groups excluding carboxylic acids is 1. The summed E-state index contributed by atoms with van der Waals surface area (Å²) < 4.78 is 32.0. The lowest BCUT2D eigenvalue weighted by molar-refractivity contribution is 0.0455. The summed E-state index contributed by atoms with van der Waals surface area (Å²) in [6, 6.07) is 8.05. The Bertz CT molecular complexity index is 753. The molecule has 2 aromatic rings. The molecular weight excluding hydrogens is 344 g/mol. The van der Waals surface area contributed by atoms with Crippen molar-refractivity contribution in [1.82, 2.24) is 0 Å². The molecule has 1 amide bonds. The van der Waals surface area contributed by atoms with Crippen molar-refractivity contribution in [3.8, 4) is 0 Å². The Hall–Kier alpha value is -1.63. The van der Waals surface area contributed by atoms with Gasteiger partial charge in [-0.1, -0.05) is 11.6 Å². The standard InChI is InChI=1S/C16H12ClF2NO2S/c17-12-6-10(2-4-13(12)18)20-16(21)9-1-3-14(19)15(5-9)23-11-7-22-8-11/h1-6,11H,7-8H2,(H,20,21). The summed E-state index contributed by atoms with van der Waals surface area (Å²) in [6.45, 7) is 1.16. The molecule has 0 radical (unpaired) electrons. The minimum absolute atomic E-state index is 0.0804. The topological polar surface area (TPSA) is 38.3 Å². The van der Waals surface area contributed by atoms with Crippen LogP contribution in [0.1, 0.15) is 10.4 Å². The molecule has 1 heterocycles. The zero-order chi connectivity index (χ0) is 16.4. The van der Waals surface area contributed by atoms with Gasteiger partial charge in [0.1, 0.15) is 11.6 Å². The van der Waals surface area contributed by atoms with Crippen molar-refractivity contribution in [2.45, 2.75) is 10.1 Å². The molecule has 7 heteroatoms. The number of thioether (sulfide) groups is 1. The Morgan fingerprint density at radius 3 is 2.57 bits per heavy atom. The fraction of sp³-hybridized carbons (Fsp3) is 0.188. The van der Waals surface area contributed by atoms with Crippen molar-refractivity contribution in [1.29, 1.82) is 0 Å². The van der Waals surface area contributed by atoms with Crippen LogP contribution in [-0.2, 0) is 4.74 Å². The molecule has 120 valence electrons. The molecule has 3 rings (SSSR count). The van der Waals surface area contributed by atoms with Crippen molar-refractivity contribution in [2.24, 2.45) is 0 Å². The van der Waals surface area contributed by atoms with Crippen LogP contribution in [0.25, 0.3) is 0 Å². The van der Waals surface area contributed by atoms with Gasteiger partial charge in [0.2, 0.25) is 0 Å². The van der Waals surface area contributed by atoms with E-state index >= 15 is 0 Å². The van der Waals surface area contributed by atoms with Gasteiger partial charge in [-0.25, -0.2) is 8.78 Å². The predicted octanol–water partition coefficient (Wildman–Crippen LogP) is 4.36. The van der Waals surface area contributed by atoms with Crippen molar-refractivity contribution >= 4 is 35.0 Å². The summed E-state index contributed by atoms with van der Waals surface area (Å²) in [4.78, 5) is 12.6. The van der Waals surface area contributed by atoms with E-state index in [4.69, 9.17) is 16.3 Å². The third-order valence-corrected chi connectivity index (χ3v) is 4.73. The van der Waals surface area contributed by atoms with E-state index < -0.39 is 11.7 Å². The molecule has 0 aliphatic carbocycles. The lowest BCUT2D eigenvalue weighted by Crippen LogP contribution is -2.30. The van der Waals surface area contributed by atoms with Gasteiger partial charge in [-0.2, -0.15) is 0 Å². The van der Waals surface area contributed by atoms with Crippen molar-refractivity contribution in [3.63, 3.8) is 0 Å². The number of hydrogen-bond acceptors (Lipinski definition) is 3. The number of rotatable bonds is 4. The normalized spacial score (nSPS) is 14.4. The van der Waals surface area contributed by atoms with Crippen molar-refractivity contribution < 1.29 is 18.3 Å². The molecule has 2 aromatic carbocycles. The van der Waals surface area contributed by atoms with Gasteiger partial charge in [0.15, 0.2) is 0 Å².